The molecule has 0 radical (unpaired) electrons. The van der Waals surface area contributed by atoms with Gasteiger partial charge in [-0.2, -0.15) is 0 Å². The average molecular weight is 261 g/mol. The molecular weight excluding hydrogens is 246 g/mol. The van der Waals surface area contributed by atoms with Gasteiger partial charge in [-0.1, -0.05) is 18.2 Å². The molecule has 0 spiro atoms. The van der Waals surface area contributed by atoms with Gasteiger partial charge in [-0.15, -0.1) is 5.10 Å². The van der Waals surface area contributed by atoms with E-state index < -0.39 is 5.97 Å². The molecule has 0 amide bonds. The molecule has 19 heavy (non-hydrogen) atoms. The molecule has 0 bridgehead atoms. The van der Waals surface area contributed by atoms with E-state index in [-0.39, 0.29) is 5.82 Å². The summed E-state index contributed by atoms with van der Waals surface area (Å²) < 4.78 is 10.3. The summed E-state index contributed by atoms with van der Waals surface area (Å²) in [5, 5.41) is 6.48. The fraction of sp³-hybridized carbons (Fsp3) is 0.308. The zero-order valence-electron chi connectivity index (χ0n) is 10.6. The summed E-state index contributed by atoms with van der Waals surface area (Å²) in [7, 11) is 0. The number of rotatable bonds is 6. The van der Waals surface area contributed by atoms with E-state index in [9.17, 15) is 4.79 Å². The van der Waals surface area contributed by atoms with E-state index in [1.54, 1.807) is 6.92 Å². The second-order valence-corrected chi connectivity index (χ2v) is 3.74. The number of hydrogen-bond acceptors (Lipinski definition) is 5. The lowest BCUT2D eigenvalue weighted by Gasteiger charge is -2.03. The topological polar surface area (TPSA) is 77.1 Å². The van der Waals surface area contributed by atoms with Crippen molar-refractivity contribution in [2.75, 3.05) is 13.2 Å². The van der Waals surface area contributed by atoms with Crippen LogP contribution in [0.15, 0.2) is 30.3 Å². The summed E-state index contributed by atoms with van der Waals surface area (Å²) in [4.78, 5) is 15.4. The van der Waals surface area contributed by atoms with Crippen LogP contribution in [0, 0.1) is 0 Å². The van der Waals surface area contributed by atoms with Gasteiger partial charge in [0.05, 0.1) is 13.2 Å². The van der Waals surface area contributed by atoms with E-state index in [0.29, 0.717) is 25.5 Å². The highest BCUT2D eigenvalue weighted by atomic mass is 16.5. The quantitative estimate of drug-likeness (QED) is 0.799. The van der Waals surface area contributed by atoms with Gasteiger partial charge in [0.25, 0.3) is 5.82 Å². The standard InChI is InChI=1S/C13H15N3O3/c1-2-18-13(17)12-14-11(15-16-12)8-9-19-10-6-4-3-5-7-10/h3-7H,2,8-9H2,1H3,(H,14,15,16). The predicted octanol–water partition coefficient (Wildman–Crippen LogP) is 1.60. The fourth-order valence-corrected chi connectivity index (χ4v) is 1.48. The number of ether oxygens (including phenoxy) is 2. The van der Waals surface area contributed by atoms with E-state index in [1.165, 1.54) is 0 Å². The third kappa shape index (κ3) is 3.80. The monoisotopic (exact) mass is 261 g/mol. The molecule has 1 aromatic heterocycles. The lowest BCUT2D eigenvalue weighted by atomic mass is 10.3. The van der Waals surface area contributed by atoms with E-state index in [1.807, 2.05) is 30.3 Å². The first-order valence-corrected chi connectivity index (χ1v) is 6.06. The molecule has 1 heterocycles. The average Bonchev–Trinajstić information content (AvgIpc) is 2.89. The summed E-state index contributed by atoms with van der Waals surface area (Å²) in [6.45, 7) is 2.50. The highest BCUT2D eigenvalue weighted by Crippen LogP contribution is 2.08. The van der Waals surface area contributed by atoms with Crippen molar-refractivity contribution < 1.29 is 14.3 Å². The minimum atomic E-state index is -0.519. The van der Waals surface area contributed by atoms with Crippen molar-refractivity contribution in [1.82, 2.24) is 15.2 Å². The number of H-pyrrole nitrogens is 1. The maximum Gasteiger partial charge on any atom is 0.378 e. The van der Waals surface area contributed by atoms with Crippen LogP contribution in [0.1, 0.15) is 23.4 Å². The van der Waals surface area contributed by atoms with Gasteiger partial charge in [0.15, 0.2) is 0 Å². The molecule has 100 valence electrons. The summed E-state index contributed by atoms with van der Waals surface area (Å²) in [5.41, 5.74) is 0. The third-order valence-corrected chi connectivity index (χ3v) is 2.34. The molecule has 0 unspecified atom stereocenters. The van der Waals surface area contributed by atoms with Gasteiger partial charge in [0.1, 0.15) is 11.6 Å². The number of carbonyl (C=O) groups is 1. The van der Waals surface area contributed by atoms with Gasteiger partial charge in [-0.05, 0) is 19.1 Å². The van der Waals surface area contributed by atoms with Crippen molar-refractivity contribution in [2.24, 2.45) is 0 Å². The van der Waals surface area contributed by atoms with Crippen LogP contribution in [0.4, 0.5) is 0 Å². The Balaban J connectivity index is 1.82. The van der Waals surface area contributed by atoms with Gasteiger partial charge >= 0.3 is 5.97 Å². The number of hydrogen-bond donors (Lipinski definition) is 1. The lowest BCUT2D eigenvalue weighted by Crippen LogP contribution is -2.07. The number of aromatic nitrogens is 3. The van der Waals surface area contributed by atoms with Crippen LogP contribution in [-0.4, -0.2) is 34.4 Å². The number of aromatic amines is 1. The van der Waals surface area contributed by atoms with Gasteiger partial charge < -0.3 is 9.47 Å². The number of nitrogens with zero attached hydrogens (tertiary/aromatic N) is 2. The largest absolute Gasteiger partial charge is 0.493 e. The van der Waals surface area contributed by atoms with Crippen LogP contribution in [0.5, 0.6) is 5.75 Å². The molecule has 0 saturated carbocycles. The van der Waals surface area contributed by atoms with E-state index >= 15 is 0 Å². The van der Waals surface area contributed by atoms with Crippen LogP contribution in [0.2, 0.25) is 0 Å². The highest BCUT2D eigenvalue weighted by molar-refractivity contribution is 5.84. The fourth-order valence-electron chi connectivity index (χ4n) is 1.48. The summed E-state index contributed by atoms with van der Waals surface area (Å²) in [5.74, 6) is 0.928. The summed E-state index contributed by atoms with van der Waals surface area (Å²) >= 11 is 0. The van der Waals surface area contributed by atoms with Crippen molar-refractivity contribution in [1.29, 1.82) is 0 Å². The second kappa shape index (κ2) is 6.53. The number of nitrogens with one attached hydrogen (secondary N) is 1. The normalized spacial score (nSPS) is 10.2. The van der Waals surface area contributed by atoms with Crippen LogP contribution < -0.4 is 4.74 Å². The minimum Gasteiger partial charge on any atom is -0.493 e. The summed E-state index contributed by atoms with van der Waals surface area (Å²) in [6, 6.07) is 9.50. The Morgan fingerprint density at radius 2 is 2.11 bits per heavy atom. The van der Waals surface area contributed by atoms with Gasteiger partial charge in [0, 0.05) is 6.42 Å². The zero-order chi connectivity index (χ0) is 13.5. The molecule has 0 aliphatic heterocycles. The van der Waals surface area contributed by atoms with Crippen molar-refractivity contribution in [3.63, 3.8) is 0 Å². The molecule has 0 aliphatic carbocycles. The Hall–Kier alpha value is -2.37. The van der Waals surface area contributed by atoms with E-state index in [0.717, 1.165) is 5.75 Å². The van der Waals surface area contributed by atoms with Crippen LogP contribution in [0.3, 0.4) is 0 Å². The molecule has 2 aromatic rings. The second-order valence-electron chi connectivity index (χ2n) is 3.74. The Labute approximate surface area is 110 Å². The number of benzene rings is 1. The molecule has 2 rings (SSSR count). The number of para-hydroxylation sites is 1. The first kappa shape index (κ1) is 13.1. The molecule has 0 atom stereocenters. The van der Waals surface area contributed by atoms with Crippen molar-refractivity contribution in [3.8, 4) is 5.75 Å². The zero-order valence-corrected chi connectivity index (χ0v) is 10.6. The minimum absolute atomic E-state index is 0.0524. The first-order valence-electron chi connectivity index (χ1n) is 6.06. The van der Waals surface area contributed by atoms with Crippen LogP contribution in [0.25, 0.3) is 0 Å². The molecule has 1 N–H and O–H groups in total. The van der Waals surface area contributed by atoms with Crippen LogP contribution >= 0.6 is 0 Å². The number of esters is 1. The number of carbonyl (C=O) groups excluding carboxylic acids is 1. The third-order valence-electron chi connectivity index (χ3n) is 2.34. The lowest BCUT2D eigenvalue weighted by molar-refractivity contribution is 0.0512. The van der Waals surface area contributed by atoms with Gasteiger partial charge in [0.2, 0.25) is 0 Å². The molecule has 0 saturated heterocycles. The molecule has 0 aliphatic rings. The molecule has 0 fully saturated rings. The van der Waals surface area contributed by atoms with E-state index in [2.05, 4.69) is 15.2 Å². The predicted molar refractivity (Wildman–Crippen MR) is 68.0 cm³/mol. The molecular formula is C13H15N3O3. The highest BCUT2D eigenvalue weighted by Gasteiger charge is 2.12. The smallest absolute Gasteiger partial charge is 0.378 e. The first-order chi connectivity index (χ1) is 9.29. The maximum atomic E-state index is 11.4. The molecule has 1 aromatic carbocycles. The SMILES string of the molecule is CCOC(=O)c1n[nH]c(CCOc2ccccc2)n1. The Bertz CT molecular complexity index is 525. The Kier molecular flexibility index (Phi) is 4.49. The summed E-state index contributed by atoms with van der Waals surface area (Å²) in [6.07, 6.45) is 0.543. The molecule has 6 heteroatoms. The van der Waals surface area contributed by atoms with Gasteiger partial charge in [-0.3, -0.25) is 5.10 Å². The van der Waals surface area contributed by atoms with Crippen LogP contribution in [-0.2, 0) is 11.2 Å². The van der Waals surface area contributed by atoms with E-state index in [4.69, 9.17) is 9.47 Å². The van der Waals surface area contributed by atoms with Crippen molar-refractivity contribution >= 4 is 5.97 Å². The van der Waals surface area contributed by atoms with Crippen molar-refractivity contribution in [2.45, 2.75) is 13.3 Å². The maximum absolute atomic E-state index is 11.4. The van der Waals surface area contributed by atoms with Crippen molar-refractivity contribution in [3.05, 3.63) is 42.0 Å². The Morgan fingerprint density at radius 1 is 1.32 bits per heavy atom. The van der Waals surface area contributed by atoms with Gasteiger partial charge in [-0.25, -0.2) is 9.78 Å². The Morgan fingerprint density at radius 3 is 2.84 bits per heavy atom. The molecule has 6 nitrogen and oxygen atoms in total.